The number of aromatic nitrogens is 2. The summed E-state index contributed by atoms with van der Waals surface area (Å²) >= 11 is 1.77. The molecule has 3 rings (SSSR count). The van der Waals surface area contributed by atoms with Gasteiger partial charge in [0.1, 0.15) is 17.6 Å². The molecule has 0 aliphatic carbocycles. The Morgan fingerprint density at radius 1 is 1.32 bits per heavy atom. The molecule has 1 aliphatic heterocycles. The highest BCUT2D eigenvalue weighted by molar-refractivity contribution is 7.09. The van der Waals surface area contributed by atoms with Gasteiger partial charge in [-0.3, -0.25) is 4.90 Å². The van der Waals surface area contributed by atoms with Gasteiger partial charge in [-0.15, -0.1) is 11.3 Å². The fourth-order valence-corrected chi connectivity index (χ4v) is 3.89. The van der Waals surface area contributed by atoms with Crippen LogP contribution in [0.4, 0.5) is 5.82 Å². The van der Waals surface area contributed by atoms with E-state index in [4.69, 9.17) is 5.26 Å². The minimum absolute atomic E-state index is 0.509. The van der Waals surface area contributed by atoms with Gasteiger partial charge in [-0.2, -0.15) is 5.26 Å². The fraction of sp³-hybridized carbons (Fsp3) is 0.526. The molecule has 25 heavy (non-hydrogen) atoms. The standard InChI is InChI=1S/C19H25N5S/c1-3-19-22-16(13-25-19)12-24-8-6-15(7-9-24)11-21-18-5-4-14(2)17(10-20)23-18/h4-5,13,15H,3,6-9,11-12H2,1-2H3,(H,21,23). The van der Waals surface area contributed by atoms with Crippen LogP contribution < -0.4 is 5.32 Å². The first-order valence-electron chi connectivity index (χ1n) is 8.95. The Kier molecular flexibility index (Phi) is 6.00. The number of aryl methyl sites for hydroxylation is 2. The third-order valence-corrected chi connectivity index (χ3v) is 5.81. The van der Waals surface area contributed by atoms with Crippen LogP contribution in [0.15, 0.2) is 17.5 Å². The van der Waals surface area contributed by atoms with Gasteiger partial charge in [0.25, 0.3) is 0 Å². The largest absolute Gasteiger partial charge is 0.370 e. The van der Waals surface area contributed by atoms with Crippen LogP contribution in [-0.2, 0) is 13.0 Å². The SMILES string of the molecule is CCc1nc(CN2CCC(CNc3ccc(C)c(C#N)n3)CC2)cs1. The Balaban J connectivity index is 1.44. The summed E-state index contributed by atoms with van der Waals surface area (Å²) in [6.45, 7) is 8.21. The molecule has 0 atom stereocenters. The van der Waals surface area contributed by atoms with Crippen LogP contribution >= 0.6 is 11.3 Å². The van der Waals surface area contributed by atoms with Crippen LogP contribution in [0.2, 0.25) is 0 Å². The molecule has 0 radical (unpaired) electrons. The number of hydrogen-bond acceptors (Lipinski definition) is 6. The molecule has 0 spiro atoms. The molecule has 2 aromatic rings. The summed E-state index contributed by atoms with van der Waals surface area (Å²) in [5.74, 6) is 1.46. The molecule has 1 fully saturated rings. The van der Waals surface area contributed by atoms with E-state index in [2.05, 4.69) is 38.6 Å². The summed E-state index contributed by atoms with van der Waals surface area (Å²) in [4.78, 5) is 11.5. The van der Waals surface area contributed by atoms with Crippen molar-refractivity contribution in [3.05, 3.63) is 39.5 Å². The molecular formula is C19H25N5S. The van der Waals surface area contributed by atoms with Crippen LogP contribution in [0.25, 0.3) is 0 Å². The summed E-state index contributed by atoms with van der Waals surface area (Å²) in [5.41, 5.74) is 2.65. The van der Waals surface area contributed by atoms with E-state index in [1.54, 1.807) is 11.3 Å². The molecule has 3 heterocycles. The molecule has 0 unspecified atom stereocenters. The lowest BCUT2D eigenvalue weighted by atomic mass is 9.96. The van der Waals surface area contributed by atoms with E-state index >= 15 is 0 Å². The van der Waals surface area contributed by atoms with E-state index in [0.717, 1.165) is 44.0 Å². The summed E-state index contributed by atoms with van der Waals surface area (Å²) in [6.07, 6.45) is 3.41. The molecule has 6 heteroatoms. The van der Waals surface area contributed by atoms with Gasteiger partial charge in [-0.05, 0) is 56.8 Å². The van der Waals surface area contributed by atoms with E-state index in [1.807, 2.05) is 19.1 Å². The highest BCUT2D eigenvalue weighted by atomic mass is 32.1. The van der Waals surface area contributed by atoms with Crippen molar-refractivity contribution in [3.8, 4) is 6.07 Å². The second-order valence-corrected chi connectivity index (χ2v) is 7.60. The Bertz CT molecular complexity index is 741. The monoisotopic (exact) mass is 355 g/mol. The third kappa shape index (κ3) is 4.77. The lowest BCUT2D eigenvalue weighted by Gasteiger charge is -2.31. The van der Waals surface area contributed by atoms with Crippen LogP contribution in [0, 0.1) is 24.2 Å². The van der Waals surface area contributed by atoms with Gasteiger partial charge in [0.05, 0.1) is 10.7 Å². The summed E-state index contributed by atoms with van der Waals surface area (Å²) in [7, 11) is 0. The van der Waals surface area contributed by atoms with Gasteiger partial charge >= 0.3 is 0 Å². The number of pyridine rings is 1. The van der Waals surface area contributed by atoms with E-state index in [0.29, 0.717) is 11.6 Å². The second-order valence-electron chi connectivity index (χ2n) is 6.66. The van der Waals surface area contributed by atoms with Gasteiger partial charge in [0.15, 0.2) is 0 Å². The lowest BCUT2D eigenvalue weighted by molar-refractivity contribution is 0.181. The molecule has 1 N–H and O–H groups in total. The predicted octanol–water partition coefficient (Wildman–Crippen LogP) is 3.60. The quantitative estimate of drug-likeness (QED) is 0.857. The predicted molar refractivity (Wildman–Crippen MR) is 102 cm³/mol. The molecular weight excluding hydrogens is 330 g/mol. The first-order valence-corrected chi connectivity index (χ1v) is 9.83. The van der Waals surface area contributed by atoms with Crippen LogP contribution in [-0.4, -0.2) is 34.5 Å². The lowest BCUT2D eigenvalue weighted by Crippen LogP contribution is -2.35. The maximum absolute atomic E-state index is 9.08. The van der Waals surface area contributed by atoms with E-state index < -0.39 is 0 Å². The summed E-state index contributed by atoms with van der Waals surface area (Å²) < 4.78 is 0. The fourth-order valence-electron chi connectivity index (χ4n) is 3.15. The van der Waals surface area contributed by atoms with Crippen molar-refractivity contribution in [2.75, 3.05) is 25.0 Å². The number of nitrogens with one attached hydrogen (secondary N) is 1. The molecule has 0 saturated carbocycles. The Morgan fingerprint density at radius 3 is 2.80 bits per heavy atom. The molecule has 0 amide bonds. The average molecular weight is 356 g/mol. The van der Waals surface area contributed by atoms with Crippen LogP contribution in [0.3, 0.4) is 0 Å². The topological polar surface area (TPSA) is 64.8 Å². The maximum atomic E-state index is 9.08. The van der Waals surface area contributed by atoms with Crippen LogP contribution in [0.5, 0.6) is 0 Å². The van der Waals surface area contributed by atoms with Gasteiger partial charge < -0.3 is 5.32 Å². The number of anilines is 1. The first-order chi connectivity index (χ1) is 12.2. The molecule has 1 saturated heterocycles. The van der Waals surface area contributed by atoms with E-state index in [-0.39, 0.29) is 0 Å². The zero-order chi connectivity index (χ0) is 17.6. The molecule has 0 bridgehead atoms. The first kappa shape index (κ1) is 17.8. The smallest absolute Gasteiger partial charge is 0.145 e. The number of piperidine rings is 1. The number of rotatable bonds is 6. The zero-order valence-corrected chi connectivity index (χ0v) is 15.8. The van der Waals surface area contributed by atoms with Gasteiger partial charge in [0.2, 0.25) is 0 Å². The van der Waals surface area contributed by atoms with Crippen molar-refractivity contribution in [1.29, 1.82) is 5.26 Å². The molecule has 2 aromatic heterocycles. The minimum Gasteiger partial charge on any atom is -0.370 e. The number of likely N-dealkylation sites (tertiary alicyclic amines) is 1. The second kappa shape index (κ2) is 8.41. The molecule has 1 aliphatic rings. The number of thiazole rings is 1. The van der Waals surface area contributed by atoms with Crippen molar-refractivity contribution in [3.63, 3.8) is 0 Å². The third-order valence-electron chi connectivity index (χ3n) is 4.77. The molecule has 5 nitrogen and oxygen atoms in total. The average Bonchev–Trinajstić information content (AvgIpc) is 3.10. The highest BCUT2D eigenvalue weighted by Crippen LogP contribution is 2.21. The van der Waals surface area contributed by atoms with E-state index in [9.17, 15) is 0 Å². The number of nitriles is 1. The Morgan fingerprint density at radius 2 is 2.12 bits per heavy atom. The summed E-state index contributed by atoms with van der Waals surface area (Å²) in [5, 5.41) is 15.9. The highest BCUT2D eigenvalue weighted by Gasteiger charge is 2.20. The van der Waals surface area contributed by atoms with Crippen LogP contribution in [0.1, 0.15) is 41.7 Å². The zero-order valence-electron chi connectivity index (χ0n) is 15.0. The Labute approximate surface area is 153 Å². The van der Waals surface area contributed by atoms with Gasteiger partial charge in [0, 0.05) is 18.5 Å². The maximum Gasteiger partial charge on any atom is 0.145 e. The Hall–Kier alpha value is -1.97. The normalized spacial score (nSPS) is 15.9. The minimum atomic E-state index is 0.509. The van der Waals surface area contributed by atoms with Crippen molar-refractivity contribution in [2.24, 2.45) is 5.92 Å². The molecule has 0 aromatic carbocycles. The van der Waals surface area contributed by atoms with Gasteiger partial charge in [-0.1, -0.05) is 13.0 Å². The van der Waals surface area contributed by atoms with Gasteiger partial charge in [-0.25, -0.2) is 9.97 Å². The van der Waals surface area contributed by atoms with Crippen molar-refractivity contribution in [2.45, 2.75) is 39.7 Å². The van der Waals surface area contributed by atoms with Crippen molar-refractivity contribution < 1.29 is 0 Å². The van der Waals surface area contributed by atoms with Crippen molar-refractivity contribution >= 4 is 17.2 Å². The summed E-state index contributed by atoms with van der Waals surface area (Å²) in [6, 6.07) is 6.06. The van der Waals surface area contributed by atoms with E-state index in [1.165, 1.54) is 23.5 Å². The number of nitrogens with zero attached hydrogens (tertiary/aromatic N) is 4. The number of hydrogen-bond donors (Lipinski definition) is 1. The van der Waals surface area contributed by atoms with Crippen molar-refractivity contribution in [1.82, 2.24) is 14.9 Å². The molecule has 132 valence electrons.